The first kappa shape index (κ1) is 18.2. The summed E-state index contributed by atoms with van der Waals surface area (Å²) in [6, 6.07) is 26.4. The normalized spacial score (nSPS) is 15.1. The van der Waals surface area contributed by atoms with E-state index in [4.69, 9.17) is 0 Å². The summed E-state index contributed by atoms with van der Waals surface area (Å²) >= 11 is 0. The maximum absolute atomic E-state index is 13.2. The lowest BCUT2D eigenvalue weighted by atomic mass is 9.78. The first-order chi connectivity index (χ1) is 13.7. The molecule has 0 spiro atoms. The van der Waals surface area contributed by atoms with Gasteiger partial charge in [-0.3, -0.25) is 9.59 Å². The van der Waals surface area contributed by atoms with Crippen LogP contribution < -0.4 is 5.32 Å². The predicted molar refractivity (Wildman–Crippen MR) is 112 cm³/mol. The highest BCUT2D eigenvalue weighted by molar-refractivity contribution is 6.09. The Morgan fingerprint density at radius 3 is 1.82 bits per heavy atom. The Morgan fingerprint density at radius 2 is 1.21 bits per heavy atom. The lowest BCUT2D eigenvalue weighted by Gasteiger charge is -2.28. The summed E-state index contributed by atoms with van der Waals surface area (Å²) in [5.41, 5.74) is 2.62. The van der Waals surface area contributed by atoms with Crippen molar-refractivity contribution in [1.29, 1.82) is 0 Å². The van der Waals surface area contributed by atoms with E-state index in [0.717, 1.165) is 36.9 Å². The summed E-state index contributed by atoms with van der Waals surface area (Å²) in [6.07, 6.45) is 3.86. The van der Waals surface area contributed by atoms with Crippen molar-refractivity contribution in [1.82, 2.24) is 0 Å². The molecular formula is C25H23NO2. The monoisotopic (exact) mass is 369 g/mol. The molecule has 0 radical (unpaired) electrons. The molecule has 1 aliphatic rings. The van der Waals surface area contributed by atoms with Crippen LogP contribution in [-0.4, -0.2) is 11.7 Å². The quantitative estimate of drug-likeness (QED) is 0.615. The van der Waals surface area contributed by atoms with Gasteiger partial charge in [-0.05, 0) is 42.7 Å². The molecule has 4 rings (SSSR count). The van der Waals surface area contributed by atoms with Gasteiger partial charge in [0.25, 0.3) is 0 Å². The molecule has 1 N–H and O–H groups in total. The summed E-state index contributed by atoms with van der Waals surface area (Å²) in [6.45, 7) is 0. The lowest BCUT2D eigenvalue weighted by molar-refractivity contribution is -0.121. The third-order valence-corrected chi connectivity index (χ3v) is 5.66. The van der Waals surface area contributed by atoms with Gasteiger partial charge in [0, 0.05) is 16.8 Å². The second-order valence-electron chi connectivity index (χ2n) is 7.38. The first-order valence-corrected chi connectivity index (χ1v) is 9.76. The highest BCUT2D eigenvalue weighted by Crippen LogP contribution is 2.42. The number of rotatable bonds is 5. The van der Waals surface area contributed by atoms with Crippen LogP contribution in [0.4, 0.5) is 5.69 Å². The summed E-state index contributed by atoms with van der Waals surface area (Å²) in [7, 11) is 0. The van der Waals surface area contributed by atoms with E-state index in [1.165, 1.54) is 0 Å². The lowest BCUT2D eigenvalue weighted by Crippen LogP contribution is -2.37. The van der Waals surface area contributed by atoms with Crippen LogP contribution in [0.15, 0.2) is 84.9 Å². The van der Waals surface area contributed by atoms with Crippen LogP contribution in [0.2, 0.25) is 0 Å². The average molecular weight is 369 g/mol. The average Bonchev–Trinajstić information content (AvgIpc) is 3.26. The minimum atomic E-state index is -0.459. The van der Waals surface area contributed by atoms with Gasteiger partial charge < -0.3 is 5.32 Å². The van der Waals surface area contributed by atoms with Gasteiger partial charge in [0.1, 0.15) is 0 Å². The SMILES string of the molecule is O=C(c1ccccc1)c1ccc(NC(=O)C2(c3ccccc3)CCCC2)cc1. The minimum Gasteiger partial charge on any atom is -0.325 e. The largest absolute Gasteiger partial charge is 0.325 e. The second-order valence-corrected chi connectivity index (χ2v) is 7.38. The molecule has 1 fully saturated rings. The maximum Gasteiger partial charge on any atom is 0.235 e. The molecule has 1 amide bonds. The number of carbonyl (C=O) groups excluding carboxylic acids is 2. The Hall–Kier alpha value is -3.20. The molecule has 28 heavy (non-hydrogen) atoms. The Morgan fingerprint density at radius 1 is 0.679 bits per heavy atom. The molecule has 0 aliphatic heterocycles. The van der Waals surface area contributed by atoms with Crippen molar-refractivity contribution < 1.29 is 9.59 Å². The van der Waals surface area contributed by atoms with Gasteiger partial charge in [-0.2, -0.15) is 0 Å². The van der Waals surface area contributed by atoms with E-state index in [0.29, 0.717) is 11.1 Å². The van der Waals surface area contributed by atoms with Crippen molar-refractivity contribution in [2.24, 2.45) is 0 Å². The van der Waals surface area contributed by atoms with Gasteiger partial charge in [0.05, 0.1) is 5.41 Å². The molecule has 0 atom stereocenters. The Bertz CT molecular complexity index is 956. The molecule has 140 valence electrons. The van der Waals surface area contributed by atoms with E-state index < -0.39 is 5.41 Å². The third-order valence-electron chi connectivity index (χ3n) is 5.66. The first-order valence-electron chi connectivity index (χ1n) is 9.76. The zero-order valence-electron chi connectivity index (χ0n) is 15.7. The molecule has 3 nitrogen and oxygen atoms in total. The van der Waals surface area contributed by atoms with Crippen molar-refractivity contribution in [2.75, 3.05) is 5.32 Å². The molecule has 3 aromatic carbocycles. The highest BCUT2D eigenvalue weighted by Gasteiger charge is 2.42. The molecule has 1 aliphatic carbocycles. The number of anilines is 1. The second kappa shape index (κ2) is 7.81. The van der Waals surface area contributed by atoms with Crippen LogP contribution in [0, 0.1) is 0 Å². The molecule has 3 aromatic rings. The fourth-order valence-corrected chi connectivity index (χ4v) is 4.09. The van der Waals surface area contributed by atoms with Crippen LogP contribution in [-0.2, 0) is 10.2 Å². The molecule has 0 saturated heterocycles. The van der Waals surface area contributed by atoms with Crippen LogP contribution >= 0.6 is 0 Å². The third kappa shape index (κ3) is 3.48. The number of ketones is 1. The summed E-state index contributed by atoms with van der Waals surface area (Å²) in [4.78, 5) is 25.7. The van der Waals surface area contributed by atoms with E-state index in [-0.39, 0.29) is 11.7 Å². The maximum atomic E-state index is 13.2. The molecule has 0 bridgehead atoms. The molecule has 0 aromatic heterocycles. The van der Waals surface area contributed by atoms with Crippen molar-refractivity contribution >= 4 is 17.4 Å². The molecular weight excluding hydrogens is 346 g/mol. The number of carbonyl (C=O) groups is 2. The fraction of sp³-hybridized carbons (Fsp3) is 0.200. The number of benzene rings is 3. The van der Waals surface area contributed by atoms with Crippen molar-refractivity contribution in [3.63, 3.8) is 0 Å². The van der Waals surface area contributed by atoms with Gasteiger partial charge >= 0.3 is 0 Å². The fourth-order valence-electron chi connectivity index (χ4n) is 4.09. The van der Waals surface area contributed by atoms with E-state index in [1.54, 1.807) is 12.1 Å². The Kier molecular flexibility index (Phi) is 5.07. The molecule has 0 unspecified atom stereocenters. The van der Waals surface area contributed by atoms with Gasteiger partial charge in [-0.15, -0.1) is 0 Å². The molecule has 3 heteroatoms. The van der Waals surface area contributed by atoms with E-state index in [2.05, 4.69) is 5.32 Å². The number of nitrogens with one attached hydrogen (secondary N) is 1. The van der Waals surface area contributed by atoms with Crippen LogP contribution in [0.5, 0.6) is 0 Å². The molecule has 0 heterocycles. The van der Waals surface area contributed by atoms with Crippen molar-refractivity contribution in [3.8, 4) is 0 Å². The summed E-state index contributed by atoms with van der Waals surface area (Å²) in [5.74, 6) is 0.0216. The van der Waals surface area contributed by atoms with Gasteiger partial charge in [-0.25, -0.2) is 0 Å². The molecule has 1 saturated carbocycles. The number of hydrogen-bond acceptors (Lipinski definition) is 2. The van der Waals surface area contributed by atoms with Crippen molar-refractivity contribution in [2.45, 2.75) is 31.1 Å². The van der Waals surface area contributed by atoms with Crippen LogP contribution in [0.1, 0.15) is 47.2 Å². The van der Waals surface area contributed by atoms with E-state index in [9.17, 15) is 9.59 Å². The van der Waals surface area contributed by atoms with Crippen LogP contribution in [0.3, 0.4) is 0 Å². The minimum absolute atomic E-state index is 0.0185. The highest BCUT2D eigenvalue weighted by atomic mass is 16.2. The predicted octanol–water partition coefficient (Wildman–Crippen LogP) is 5.37. The number of hydrogen-bond donors (Lipinski definition) is 1. The zero-order chi connectivity index (χ0) is 19.4. The smallest absolute Gasteiger partial charge is 0.235 e. The van der Waals surface area contributed by atoms with Gasteiger partial charge in [0.15, 0.2) is 5.78 Å². The van der Waals surface area contributed by atoms with Crippen LogP contribution in [0.25, 0.3) is 0 Å². The zero-order valence-corrected chi connectivity index (χ0v) is 15.7. The van der Waals surface area contributed by atoms with Gasteiger partial charge in [0.2, 0.25) is 5.91 Å². The van der Waals surface area contributed by atoms with E-state index >= 15 is 0 Å². The summed E-state index contributed by atoms with van der Waals surface area (Å²) in [5, 5.41) is 3.08. The Balaban J connectivity index is 1.52. The standard InChI is InChI=1S/C25H23NO2/c27-23(19-9-3-1-4-10-19)20-13-15-22(16-14-20)26-24(28)25(17-7-8-18-25)21-11-5-2-6-12-21/h1-6,9-16H,7-8,17-18H2,(H,26,28). The van der Waals surface area contributed by atoms with Gasteiger partial charge in [-0.1, -0.05) is 73.5 Å². The number of amides is 1. The van der Waals surface area contributed by atoms with Crippen molar-refractivity contribution in [3.05, 3.63) is 102 Å². The Labute approximate surface area is 165 Å². The van der Waals surface area contributed by atoms with E-state index in [1.807, 2.05) is 72.8 Å². The summed E-state index contributed by atoms with van der Waals surface area (Å²) < 4.78 is 0. The topological polar surface area (TPSA) is 46.2 Å².